The topological polar surface area (TPSA) is 94.5 Å². The summed E-state index contributed by atoms with van der Waals surface area (Å²) in [5, 5.41) is 10.6. The van der Waals surface area contributed by atoms with Gasteiger partial charge in [-0.05, 0) is 75.4 Å². The Bertz CT molecular complexity index is 1400. The smallest absolute Gasteiger partial charge is 0.259 e. The van der Waals surface area contributed by atoms with Gasteiger partial charge in [0.15, 0.2) is 11.5 Å². The number of ether oxygens (including phenoxy) is 2. The van der Waals surface area contributed by atoms with Crippen molar-refractivity contribution in [1.29, 1.82) is 0 Å². The summed E-state index contributed by atoms with van der Waals surface area (Å²) >= 11 is 0. The molecule has 0 spiro atoms. The molecule has 0 atom stereocenters. The zero-order chi connectivity index (χ0) is 26.6. The number of anilines is 1. The minimum atomic E-state index is -0.344. The SMILES string of the molecule is COc1ccc(-c2nn(-c3ccccc3)cc2C(=O)Nc2ccc(C(=O)NC(C)(C)C)cc2)cc1OC. The maximum absolute atomic E-state index is 13.4. The van der Waals surface area contributed by atoms with Gasteiger partial charge >= 0.3 is 0 Å². The van der Waals surface area contributed by atoms with Crippen LogP contribution in [-0.4, -0.2) is 41.4 Å². The summed E-state index contributed by atoms with van der Waals surface area (Å²) in [7, 11) is 3.13. The molecule has 0 saturated carbocycles. The standard InChI is InChI=1S/C29H30N4O4/c1-29(2,3)31-27(34)19-11-14-21(15-12-19)30-28(35)23-18-33(22-9-7-6-8-10-22)32-26(23)20-13-16-24(36-4)25(17-20)37-5/h6-18H,1-5H3,(H,30,35)(H,31,34). The summed E-state index contributed by atoms with van der Waals surface area (Å²) in [5.74, 6) is 0.601. The third-order valence-electron chi connectivity index (χ3n) is 5.53. The van der Waals surface area contributed by atoms with E-state index >= 15 is 0 Å². The van der Waals surface area contributed by atoms with E-state index in [4.69, 9.17) is 14.6 Å². The Morgan fingerprint density at radius 1 is 0.838 bits per heavy atom. The van der Waals surface area contributed by atoms with Crippen molar-refractivity contribution in [1.82, 2.24) is 15.1 Å². The number of para-hydroxylation sites is 1. The molecule has 0 saturated heterocycles. The highest BCUT2D eigenvalue weighted by atomic mass is 16.5. The number of carbonyl (C=O) groups is 2. The molecule has 3 aromatic carbocycles. The van der Waals surface area contributed by atoms with E-state index in [1.165, 1.54) is 0 Å². The van der Waals surface area contributed by atoms with Crippen LogP contribution in [0.25, 0.3) is 16.9 Å². The number of methoxy groups -OCH3 is 2. The average Bonchev–Trinajstić information content (AvgIpc) is 3.34. The van der Waals surface area contributed by atoms with Gasteiger partial charge in [-0.2, -0.15) is 5.10 Å². The van der Waals surface area contributed by atoms with Gasteiger partial charge < -0.3 is 20.1 Å². The van der Waals surface area contributed by atoms with E-state index in [0.717, 1.165) is 5.69 Å². The maximum Gasteiger partial charge on any atom is 0.259 e. The lowest BCUT2D eigenvalue weighted by Gasteiger charge is -2.20. The Hall–Kier alpha value is -4.59. The third kappa shape index (κ3) is 5.98. The van der Waals surface area contributed by atoms with Crippen LogP contribution in [0.5, 0.6) is 11.5 Å². The minimum Gasteiger partial charge on any atom is -0.493 e. The van der Waals surface area contributed by atoms with Crippen molar-refractivity contribution in [3.63, 3.8) is 0 Å². The van der Waals surface area contributed by atoms with Gasteiger partial charge in [-0.1, -0.05) is 18.2 Å². The fourth-order valence-electron chi connectivity index (χ4n) is 3.77. The Kier molecular flexibility index (Phi) is 7.29. The second-order valence-corrected chi connectivity index (χ2v) is 9.48. The van der Waals surface area contributed by atoms with Crippen molar-refractivity contribution in [2.75, 3.05) is 19.5 Å². The molecule has 37 heavy (non-hydrogen) atoms. The number of benzene rings is 3. The molecule has 0 aliphatic carbocycles. The molecular weight excluding hydrogens is 468 g/mol. The predicted octanol–water partition coefficient (Wildman–Crippen LogP) is 5.34. The molecule has 0 fully saturated rings. The van der Waals surface area contributed by atoms with E-state index < -0.39 is 0 Å². The predicted molar refractivity (Wildman–Crippen MR) is 144 cm³/mol. The Morgan fingerprint density at radius 2 is 1.51 bits per heavy atom. The van der Waals surface area contributed by atoms with Crippen LogP contribution in [0.4, 0.5) is 5.69 Å². The number of nitrogens with zero attached hydrogens (tertiary/aromatic N) is 2. The highest BCUT2D eigenvalue weighted by Gasteiger charge is 2.21. The van der Waals surface area contributed by atoms with E-state index in [9.17, 15) is 9.59 Å². The monoisotopic (exact) mass is 498 g/mol. The first-order chi connectivity index (χ1) is 17.7. The summed E-state index contributed by atoms with van der Waals surface area (Å²) in [6.45, 7) is 5.77. The van der Waals surface area contributed by atoms with Crippen molar-refractivity contribution in [2.45, 2.75) is 26.3 Å². The second kappa shape index (κ2) is 10.6. The number of hydrogen-bond donors (Lipinski definition) is 2. The molecule has 2 amide bonds. The van der Waals surface area contributed by atoms with E-state index in [0.29, 0.717) is 39.6 Å². The van der Waals surface area contributed by atoms with Gasteiger partial charge in [-0.3, -0.25) is 9.59 Å². The molecule has 0 radical (unpaired) electrons. The molecule has 4 aromatic rings. The molecule has 8 nitrogen and oxygen atoms in total. The minimum absolute atomic E-state index is 0.176. The lowest BCUT2D eigenvalue weighted by atomic mass is 10.1. The van der Waals surface area contributed by atoms with E-state index in [2.05, 4.69) is 10.6 Å². The van der Waals surface area contributed by atoms with E-state index in [1.54, 1.807) is 61.5 Å². The lowest BCUT2D eigenvalue weighted by Crippen LogP contribution is -2.40. The highest BCUT2D eigenvalue weighted by Crippen LogP contribution is 2.33. The molecular formula is C29H30N4O4. The number of hydrogen-bond acceptors (Lipinski definition) is 5. The van der Waals surface area contributed by atoms with Crippen molar-refractivity contribution >= 4 is 17.5 Å². The zero-order valence-corrected chi connectivity index (χ0v) is 21.5. The number of carbonyl (C=O) groups excluding carboxylic acids is 2. The highest BCUT2D eigenvalue weighted by molar-refractivity contribution is 6.08. The Morgan fingerprint density at radius 3 is 2.14 bits per heavy atom. The molecule has 4 rings (SSSR count). The summed E-state index contributed by atoms with van der Waals surface area (Å²) in [4.78, 5) is 25.9. The normalized spacial score (nSPS) is 11.1. The lowest BCUT2D eigenvalue weighted by molar-refractivity contribution is 0.0919. The number of aromatic nitrogens is 2. The van der Waals surface area contributed by atoms with Crippen LogP contribution in [0.1, 0.15) is 41.5 Å². The molecule has 1 heterocycles. The fourth-order valence-corrected chi connectivity index (χ4v) is 3.77. The first kappa shape index (κ1) is 25.5. The molecule has 0 bridgehead atoms. The molecule has 8 heteroatoms. The van der Waals surface area contributed by atoms with Crippen LogP contribution >= 0.6 is 0 Å². The van der Waals surface area contributed by atoms with Gasteiger partial charge in [0.1, 0.15) is 5.69 Å². The molecule has 0 aliphatic rings. The second-order valence-electron chi connectivity index (χ2n) is 9.48. The van der Waals surface area contributed by atoms with Crippen LogP contribution < -0.4 is 20.1 Å². The van der Waals surface area contributed by atoms with Crippen LogP contribution in [0, 0.1) is 0 Å². The van der Waals surface area contributed by atoms with Gasteiger partial charge in [0, 0.05) is 28.6 Å². The van der Waals surface area contributed by atoms with Crippen LogP contribution in [0.15, 0.2) is 79.0 Å². The Balaban J connectivity index is 1.66. The van der Waals surface area contributed by atoms with Crippen molar-refractivity contribution < 1.29 is 19.1 Å². The quantitative estimate of drug-likeness (QED) is 0.359. The maximum atomic E-state index is 13.4. The van der Waals surface area contributed by atoms with Gasteiger partial charge in [0.05, 0.1) is 25.5 Å². The summed E-state index contributed by atoms with van der Waals surface area (Å²) in [5.41, 5.74) is 3.11. The third-order valence-corrected chi connectivity index (χ3v) is 5.53. The zero-order valence-electron chi connectivity index (χ0n) is 21.5. The molecule has 0 aliphatic heterocycles. The van der Waals surface area contributed by atoms with Gasteiger partial charge in [-0.15, -0.1) is 0 Å². The van der Waals surface area contributed by atoms with Crippen LogP contribution in [0.3, 0.4) is 0 Å². The molecule has 0 unspecified atom stereocenters. The summed E-state index contributed by atoms with van der Waals surface area (Å²) in [6.07, 6.45) is 1.70. The first-order valence-electron chi connectivity index (χ1n) is 11.8. The number of nitrogens with one attached hydrogen (secondary N) is 2. The van der Waals surface area contributed by atoms with Crippen molar-refractivity contribution in [2.24, 2.45) is 0 Å². The number of amides is 2. The van der Waals surface area contributed by atoms with Crippen LogP contribution in [0.2, 0.25) is 0 Å². The van der Waals surface area contributed by atoms with Crippen molar-refractivity contribution in [3.8, 4) is 28.4 Å². The average molecular weight is 499 g/mol. The van der Waals surface area contributed by atoms with E-state index in [1.807, 2.05) is 57.2 Å². The molecule has 190 valence electrons. The number of rotatable bonds is 7. The first-order valence-corrected chi connectivity index (χ1v) is 11.8. The van der Waals surface area contributed by atoms with Gasteiger partial charge in [0.25, 0.3) is 11.8 Å². The van der Waals surface area contributed by atoms with Gasteiger partial charge in [-0.25, -0.2) is 4.68 Å². The Labute approximate surface area is 216 Å². The fraction of sp³-hybridized carbons (Fsp3) is 0.207. The molecule has 1 aromatic heterocycles. The summed E-state index contributed by atoms with van der Waals surface area (Å²) < 4.78 is 12.5. The summed E-state index contributed by atoms with van der Waals surface area (Å²) in [6, 6.07) is 21.7. The van der Waals surface area contributed by atoms with Gasteiger partial charge in [0.2, 0.25) is 0 Å². The molecule has 2 N–H and O–H groups in total. The van der Waals surface area contributed by atoms with Crippen LogP contribution in [-0.2, 0) is 0 Å². The largest absolute Gasteiger partial charge is 0.493 e. The van der Waals surface area contributed by atoms with E-state index in [-0.39, 0.29) is 17.4 Å². The van der Waals surface area contributed by atoms with Crippen molar-refractivity contribution in [3.05, 3.63) is 90.1 Å².